The van der Waals surface area contributed by atoms with Crippen LogP contribution in [0.5, 0.6) is 0 Å². The summed E-state index contributed by atoms with van der Waals surface area (Å²) in [6, 6.07) is 0. The van der Waals surface area contributed by atoms with Crippen LogP contribution in [0.3, 0.4) is 0 Å². The molecule has 48 valence electrons. The molecular formula is C5H13NOSi. The van der Waals surface area contributed by atoms with E-state index in [0.29, 0.717) is 0 Å². The van der Waals surface area contributed by atoms with Crippen LogP contribution < -0.4 is 0 Å². The quantitative estimate of drug-likeness (QED) is 0.440. The van der Waals surface area contributed by atoms with Crippen molar-refractivity contribution in [3.05, 3.63) is 0 Å². The molecule has 1 aliphatic rings. The van der Waals surface area contributed by atoms with Gasteiger partial charge in [0.15, 0.2) is 9.76 Å². The van der Waals surface area contributed by atoms with E-state index < -0.39 is 0 Å². The van der Waals surface area contributed by atoms with Crippen LogP contribution in [-0.2, 0) is 4.43 Å². The molecule has 1 aliphatic heterocycles. The molecule has 0 N–H and O–H groups in total. The second-order valence-corrected chi connectivity index (χ2v) is 3.31. The van der Waals surface area contributed by atoms with Crippen LogP contribution in [0.15, 0.2) is 0 Å². The Morgan fingerprint density at radius 3 is 3.00 bits per heavy atom. The first-order valence-corrected chi connectivity index (χ1v) is 4.81. The van der Waals surface area contributed by atoms with E-state index in [1.807, 2.05) is 0 Å². The molecule has 0 aromatic heterocycles. The van der Waals surface area contributed by atoms with Gasteiger partial charge in [0, 0.05) is 19.3 Å². The van der Waals surface area contributed by atoms with Crippen molar-refractivity contribution in [2.45, 2.75) is 6.92 Å². The van der Waals surface area contributed by atoms with Gasteiger partial charge < -0.3 is 9.33 Å². The van der Waals surface area contributed by atoms with Crippen molar-refractivity contribution in [1.29, 1.82) is 0 Å². The Hall–Kier alpha value is 0.137. The third-order valence-electron chi connectivity index (χ3n) is 1.55. The summed E-state index contributed by atoms with van der Waals surface area (Å²) in [5.41, 5.74) is 0. The van der Waals surface area contributed by atoms with Gasteiger partial charge in [-0.15, -0.1) is 0 Å². The van der Waals surface area contributed by atoms with Gasteiger partial charge in [-0.05, 0) is 6.54 Å². The Labute approximate surface area is 52.8 Å². The fourth-order valence-corrected chi connectivity index (χ4v) is 2.18. The summed E-state index contributed by atoms with van der Waals surface area (Å²) in [4.78, 5) is 2.45. The van der Waals surface area contributed by atoms with Gasteiger partial charge in [0.1, 0.15) is 0 Å². The van der Waals surface area contributed by atoms with Crippen LogP contribution in [0.4, 0.5) is 0 Å². The largest absolute Gasteiger partial charge is 0.421 e. The van der Waals surface area contributed by atoms with E-state index in [-0.39, 0.29) is 9.76 Å². The maximum atomic E-state index is 5.30. The Morgan fingerprint density at radius 1 is 1.75 bits per heavy atom. The number of rotatable bonds is 1. The average Bonchev–Trinajstić information content (AvgIpc) is 1.90. The minimum absolute atomic E-state index is 0.124. The lowest BCUT2D eigenvalue weighted by Gasteiger charge is -2.24. The summed E-state index contributed by atoms with van der Waals surface area (Å²) >= 11 is 0. The molecule has 0 aromatic carbocycles. The maximum absolute atomic E-state index is 5.30. The second kappa shape index (κ2) is 3.22. The van der Waals surface area contributed by atoms with Gasteiger partial charge in [-0.3, -0.25) is 0 Å². The predicted octanol–water partition coefficient (Wildman–Crippen LogP) is -0.620. The molecule has 0 atom stereocenters. The lowest BCUT2D eigenvalue weighted by atomic mass is 10.5. The minimum Gasteiger partial charge on any atom is -0.421 e. The molecule has 1 heterocycles. The normalized spacial score (nSPS) is 26.6. The van der Waals surface area contributed by atoms with Crippen LogP contribution in [0.2, 0.25) is 0 Å². The first-order valence-electron chi connectivity index (χ1n) is 3.23. The van der Waals surface area contributed by atoms with Gasteiger partial charge in [0.05, 0.1) is 0 Å². The molecule has 0 saturated carbocycles. The number of hydrogen-bond acceptors (Lipinski definition) is 2. The van der Waals surface area contributed by atoms with Crippen LogP contribution in [-0.4, -0.2) is 40.5 Å². The number of nitrogens with zero attached hydrogens (tertiary/aromatic N) is 1. The molecule has 1 rings (SSSR count). The summed E-state index contributed by atoms with van der Waals surface area (Å²) in [7, 11) is -0.124. The molecular weight excluding hydrogens is 118 g/mol. The van der Waals surface area contributed by atoms with Gasteiger partial charge >= 0.3 is 0 Å². The van der Waals surface area contributed by atoms with Crippen molar-refractivity contribution < 1.29 is 4.43 Å². The van der Waals surface area contributed by atoms with Crippen molar-refractivity contribution in [1.82, 2.24) is 4.90 Å². The van der Waals surface area contributed by atoms with E-state index in [9.17, 15) is 0 Å². The highest BCUT2D eigenvalue weighted by molar-refractivity contribution is 6.27. The Kier molecular flexibility index (Phi) is 2.52. The van der Waals surface area contributed by atoms with Crippen molar-refractivity contribution in [3.8, 4) is 0 Å². The molecule has 0 aromatic rings. The SMILES string of the molecule is CCN1CCO[SiH2]C1. The first kappa shape index (κ1) is 6.26. The molecule has 0 spiro atoms. The summed E-state index contributed by atoms with van der Waals surface area (Å²) in [5.74, 6) is 0. The molecule has 3 heteroatoms. The van der Waals surface area contributed by atoms with E-state index in [1.54, 1.807) is 0 Å². The third kappa shape index (κ3) is 1.58. The van der Waals surface area contributed by atoms with Crippen molar-refractivity contribution in [2.24, 2.45) is 0 Å². The summed E-state index contributed by atoms with van der Waals surface area (Å²) in [6.07, 6.45) is 1.26. The zero-order valence-corrected chi connectivity index (χ0v) is 6.81. The Morgan fingerprint density at radius 2 is 2.62 bits per heavy atom. The topological polar surface area (TPSA) is 12.5 Å². The number of likely N-dealkylation sites (N-methyl/N-ethyl adjacent to an activating group) is 1. The molecule has 0 radical (unpaired) electrons. The highest BCUT2D eigenvalue weighted by Gasteiger charge is 2.06. The van der Waals surface area contributed by atoms with Gasteiger partial charge in [0.2, 0.25) is 0 Å². The van der Waals surface area contributed by atoms with Crippen LogP contribution in [0.25, 0.3) is 0 Å². The molecule has 1 saturated heterocycles. The summed E-state index contributed by atoms with van der Waals surface area (Å²) in [6.45, 7) is 5.56. The monoisotopic (exact) mass is 131 g/mol. The minimum atomic E-state index is -0.124. The van der Waals surface area contributed by atoms with Gasteiger partial charge in [-0.2, -0.15) is 0 Å². The summed E-state index contributed by atoms with van der Waals surface area (Å²) < 4.78 is 5.30. The second-order valence-electron chi connectivity index (χ2n) is 2.05. The van der Waals surface area contributed by atoms with E-state index in [4.69, 9.17) is 4.43 Å². The van der Waals surface area contributed by atoms with Crippen LogP contribution in [0, 0.1) is 0 Å². The van der Waals surface area contributed by atoms with E-state index in [1.165, 1.54) is 12.7 Å². The van der Waals surface area contributed by atoms with Crippen molar-refractivity contribution in [2.75, 3.05) is 25.9 Å². The van der Waals surface area contributed by atoms with E-state index in [0.717, 1.165) is 13.2 Å². The van der Waals surface area contributed by atoms with Gasteiger partial charge in [-0.1, -0.05) is 6.92 Å². The zero-order chi connectivity index (χ0) is 5.82. The average molecular weight is 131 g/mol. The number of hydrogen-bond donors (Lipinski definition) is 0. The maximum Gasteiger partial charge on any atom is 0.175 e. The first-order chi connectivity index (χ1) is 3.93. The molecule has 0 unspecified atom stereocenters. The van der Waals surface area contributed by atoms with E-state index in [2.05, 4.69) is 11.8 Å². The van der Waals surface area contributed by atoms with Gasteiger partial charge in [0.25, 0.3) is 0 Å². The van der Waals surface area contributed by atoms with Crippen LogP contribution >= 0.6 is 0 Å². The zero-order valence-electron chi connectivity index (χ0n) is 5.39. The van der Waals surface area contributed by atoms with E-state index >= 15 is 0 Å². The Balaban J connectivity index is 2.13. The lowest BCUT2D eigenvalue weighted by molar-refractivity contribution is 0.199. The standard InChI is InChI=1S/C5H13NOSi/c1-2-6-3-4-7-8-5-6/h2-5,8H2,1H3. The van der Waals surface area contributed by atoms with Gasteiger partial charge in [-0.25, -0.2) is 0 Å². The fourth-order valence-electron chi connectivity index (χ4n) is 0.917. The predicted molar refractivity (Wildman–Crippen MR) is 36.6 cm³/mol. The molecule has 0 bridgehead atoms. The molecule has 0 amide bonds. The molecule has 2 nitrogen and oxygen atoms in total. The molecule has 8 heavy (non-hydrogen) atoms. The summed E-state index contributed by atoms with van der Waals surface area (Å²) in [5, 5.41) is 0. The third-order valence-corrected chi connectivity index (χ3v) is 2.94. The lowest BCUT2D eigenvalue weighted by Crippen LogP contribution is -2.37. The van der Waals surface area contributed by atoms with Crippen LogP contribution in [0.1, 0.15) is 6.92 Å². The highest BCUT2D eigenvalue weighted by atomic mass is 28.2. The van der Waals surface area contributed by atoms with Crippen molar-refractivity contribution in [3.63, 3.8) is 0 Å². The van der Waals surface area contributed by atoms with Crippen molar-refractivity contribution >= 4 is 9.76 Å². The molecule has 0 aliphatic carbocycles. The highest BCUT2D eigenvalue weighted by Crippen LogP contribution is 1.91. The fraction of sp³-hybridized carbons (Fsp3) is 1.00. The Bertz CT molecular complexity index is 63.4. The smallest absolute Gasteiger partial charge is 0.175 e. The molecule has 1 fully saturated rings.